The van der Waals surface area contributed by atoms with E-state index in [1.807, 2.05) is 0 Å². The zero-order chi connectivity index (χ0) is 8.27. The summed E-state index contributed by atoms with van der Waals surface area (Å²) in [5.41, 5.74) is 1.32. The summed E-state index contributed by atoms with van der Waals surface area (Å²) in [6.45, 7) is 4.10. The minimum absolute atomic E-state index is 0.777. The predicted molar refractivity (Wildman–Crippen MR) is 49.4 cm³/mol. The number of hydrogen-bond acceptors (Lipinski definition) is 1. The second kappa shape index (κ2) is 3.80. The van der Waals surface area contributed by atoms with Gasteiger partial charge in [-0.25, -0.2) is 0 Å². The molecular weight excluding hydrogens is 134 g/mol. The second-order valence-electron chi connectivity index (χ2n) is 3.72. The first-order valence-corrected chi connectivity index (χ1v) is 4.58. The monoisotopic (exact) mass is 153 g/mol. The second-order valence-corrected chi connectivity index (χ2v) is 3.72. The van der Waals surface area contributed by atoms with Crippen molar-refractivity contribution in [3.8, 4) is 0 Å². The Morgan fingerprint density at radius 2 is 1.73 bits per heavy atom. The van der Waals surface area contributed by atoms with E-state index in [0.717, 1.165) is 5.92 Å². The average Bonchev–Trinajstić information content (AvgIpc) is 2.05. The normalized spacial score (nSPS) is 19.8. The van der Waals surface area contributed by atoms with Gasteiger partial charge < -0.3 is 4.90 Å². The summed E-state index contributed by atoms with van der Waals surface area (Å²) in [5, 5.41) is 0. The van der Waals surface area contributed by atoms with E-state index in [2.05, 4.69) is 25.6 Å². The van der Waals surface area contributed by atoms with Crippen molar-refractivity contribution in [2.75, 3.05) is 14.1 Å². The Kier molecular flexibility index (Phi) is 2.98. The molecule has 0 aromatic carbocycles. The van der Waals surface area contributed by atoms with E-state index >= 15 is 0 Å². The van der Waals surface area contributed by atoms with Crippen molar-refractivity contribution in [2.24, 2.45) is 5.92 Å². The van der Waals surface area contributed by atoms with Crippen molar-refractivity contribution in [2.45, 2.75) is 32.1 Å². The van der Waals surface area contributed by atoms with E-state index in [0.29, 0.717) is 0 Å². The van der Waals surface area contributed by atoms with E-state index in [1.165, 1.54) is 37.8 Å². The topological polar surface area (TPSA) is 3.24 Å². The molecule has 64 valence electrons. The summed E-state index contributed by atoms with van der Waals surface area (Å²) >= 11 is 0. The van der Waals surface area contributed by atoms with Crippen LogP contribution in [-0.4, -0.2) is 19.0 Å². The number of hydrogen-bond donors (Lipinski definition) is 0. The smallest absolute Gasteiger partial charge is 0.00859 e. The van der Waals surface area contributed by atoms with Crippen molar-refractivity contribution in [1.82, 2.24) is 4.90 Å². The van der Waals surface area contributed by atoms with Gasteiger partial charge in [0.05, 0.1) is 0 Å². The highest BCUT2D eigenvalue weighted by Gasteiger charge is 2.16. The van der Waals surface area contributed by atoms with E-state index < -0.39 is 0 Å². The molecule has 11 heavy (non-hydrogen) atoms. The minimum Gasteiger partial charge on any atom is -0.381 e. The highest BCUT2D eigenvalue weighted by molar-refractivity contribution is 4.98. The highest BCUT2D eigenvalue weighted by Crippen LogP contribution is 2.29. The van der Waals surface area contributed by atoms with Crippen LogP contribution in [0.25, 0.3) is 0 Å². The standard InChI is InChI=1S/C10H19N/c1-9(11(2)3)10-7-5-4-6-8-10/h10H,1,4-8H2,2-3H3. The highest BCUT2D eigenvalue weighted by atomic mass is 15.1. The third-order valence-corrected chi connectivity index (χ3v) is 2.65. The van der Waals surface area contributed by atoms with Gasteiger partial charge in [-0.05, 0) is 18.8 Å². The zero-order valence-corrected chi connectivity index (χ0v) is 7.77. The maximum absolute atomic E-state index is 4.10. The van der Waals surface area contributed by atoms with Gasteiger partial charge in [0.25, 0.3) is 0 Å². The van der Waals surface area contributed by atoms with Crippen LogP contribution in [0.2, 0.25) is 0 Å². The number of nitrogens with zero attached hydrogens (tertiary/aromatic N) is 1. The average molecular weight is 153 g/mol. The molecule has 1 nitrogen and oxygen atoms in total. The molecule has 1 rings (SSSR count). The van der Waals surface area contributed by atoms with Crippen LogP contribution in [0.15, 0.2) is 12.3 Å². The van der Waals surface area contributed by atoms with Crippen LogP contribution in [0.4, 0.5) is 0 Å². The van der Waals surface area contributed by atoms with Crippen LogP contribution in [0.1, 0.15) is 32.1 Å². The summed E-state index contributed by atoms with van der Waals surface area (Å²) in [6, 6.07) is 0. The molecule has 0 aromatic heterocycles. The van der Waals surface area contributed by atoms with Crippen molar-refractivity contribution >= 4 is 0 Å². The van der Waals surface area contributed by atoms with Crippen LogP contribution in [-0.2, 0) is 0 Å². The molecule has 1 aliphatic carbocycles. The minimum atomic E-state index is 0.777. The SMILES string of the molecule is C=C(C1CCCCC1)N(C)C. The lowest BCUT2D eigenvalue weighted by molar-refractivity contribution is 0.333. The molecule has 0 aromatic rings. The first-order valence-electron chi connectivity index (χ1n) is 4.58. The Morgan fingerprint density at radius 1 is 1.18 bits per heavy atom. The van der Waals surface area contributed by atoms with Gasteiger partial charge in [0.15, 0.2) is 0 Å². The molecule has 1 saturated carbocycles. The molecule has 0 heterocycles. The summed E-state index contributed by atoms with van der Waals surface area (Å²) in [5.74, 6) is 0.777. The zero-order valence-electron chi connectivity index (χ0n) is 7.77. The largest absolute Gasteiger partial charge is 0.381 e. The number of rotatable bonds is 2. The Bertz CT molecular complexity index is 132. The maximum atomic E-state index is 4.10. The van der Waals surface area contributed by atoms with Gasteiger partial charge in [0.1, 0.15) is 0 Å². The van der Waals surface area contributed by atoms with Gasteiger partial charge in [-0.1, -0.05) is 25.8 Å². The van der Waals surface area contributed by atoms with Crippen molar-refractivity contribution in [1.29, 1.82) is 0 Å². The van der Waals surface area contributed by atoms with Gasteiger partial charge in [-0.15, -0.1) is 0 Å². The maximum Gasteiger partial charge on any atom is 0.00859 e. The molecule has 0 radical (unpaired) electrons. The molecule has 0 bridgehead atoms. The molecule has 0 amide bonds. The molecule has 0 spiro atoms. The Hall–Kier alpha value is -0.460. The summed E-state index contributed by atoms with van der Waals surface area (Å²) in [4.78, 5) is 2.16. The fraction of sp³-hybridized carbons (Fsp3) is 0.800. The van der Waals surface area contributed by atoms with Gasteiger partial charge in [0.2, 0.25) is 0 Å². The lowest BCUT2D eigenvalue weighted by Gasteiger charge is -2.28. The Morgan fingerprint density at radius 3 is 2.18 bits per heavy atom. The third-order valence-electron chi connectivity index (χ3n) is 2.65. The molecule has 1 fully saturated rings. The van der Waals surface area contributed by atoms with Crippen molar-refractivity contribution < 1.29 is 0 Å². The van der Waals surface area contributed by atoms with E-state index in [9.17, 15) is 0 Å². The molecule has 0 atom stereocenters. The lowest BCUT2D eigenvalue weighted by Crippen LogP contribution is -2.20. The molecule has 0 unspecified atom stereocenters. The van der Waals surface area contributed by atoms with Crippen LogP contribution in [0.5, 0.6) is 0 Å². The molecule has 0 N–H and O–H groups in total. The Balaban J connectivity index is 2.39. The van der Waals surface area contributed by atoms with Crippen LogP contribution >= 0.6 is 0 Å². The molecular formula is C10H19N. The van der Waals surface area contributed by atoms with Gasteiger partial charge in [0, 0.05) is 19.8 Å². The molecule has 1 aliphatic rings. The van der Waals surface area contributed by atoms with Gasteiger partial charge >= 0.3 is 0 Å². The summed E-state index contributed by atoms with van der Waals surface area (Å²) in [7, 11) is 4.19. The Labute approximate surface area is 70.1 Å². The quantitative estimate of drug-likeness (QED) is 0.589. The fourth-order valence-corrected chi connectivity index (χ4v) is 1.80. The van der Waals surface area contributed by atoms with Crippen LogP contribution < -0.4 is 0 Å². The first-order chi connectivity index (χ1) is 5.22. The van der Waals surface area contributed by atoms with E-state index in [1.54, 1.807) is 0 Å². The fourth-order valence-electron chi connectivity index (χ4n) is 1.80. The van der Waals surface area contributed by atoms with Gasteiger partial charge in [-0.2, -0.15) is 0 Å². The summed E-state index contributed by atoms with van der Waals surface area (Å²) < 4.78 is 0. The number of allylic oxidation sites excluding steroid dienone is 1. The first kappa shape index (κ1) is 8.63. The summed E-state index contributed by atoms with van der Waals surface area (Å²) in [6.07, 6.45) is 6.94. The van der Waals surface area contributed by atoms with Gasteiger partial charge in [-0.3, -0.25) is 0 Å². The molecule has 0 aliphatic heterocycles. The molecule has 0 saturated heterocycles. The van der Waals surface area contributed by atoms with E-state index in [4.69, 9.17) is 0 Å². The van der Waals surface area contributed by atoms with Crippen molar-refractivity contribution in [3.63, 3.8) is 0 Å². The van der Waals surface area contributed by atoms with Crippen LogP contribution in [0, 0.1) is 5.92 Å². The van der Waals surface area contributed by atoms with Crippen molar-refractivity contribution in [3.05, 3.63) is 12.3 Å². The van der Waals surface area contributed by atoms with E-state index in [-0.39, 0.29) is 0 Å². The lowest BCUT2D eigenvalue weighted by atomic mass is 9.87. The third kappa shape index (κ3) is 2.25. The predicted octanol–water partition coefficient (Wildman–Crippen LogP) is 2.64. The molecule has 1 heteroatoms. The van der Waals surface area contributed by atoms with Crippen LogP contribution in [0.3, 0.4) is 0 Å².